The van der Waals surface area contributed by atoms with Crippen molar-refractivity contribution in [1.29, 1.82) is 0 Å². The van der Waals surface area contributed by atoms with E-state index in [0.717, 1.165) is 12.8 Å². The number of rotatable bonds is 4. The highest BCUT2D eigenvalue weighted by Gasteiger charge is 2.34. The van der Waals surface area contributed by atoms with Crippen molar-refractivity contribution in [1.82, 2.24) is 15.0 Å². The molecule has 1 amide bonds. The molecule has 0 bridgehead atoms. The van der Waals surface area contributed by atoms with Gasteiger partial charge >= 0.3 is 11.9 Å². The lowest BCUT2D eigenvalue weighted by Gasteiger charge is -2.35. The Morgan fingerprint density at radius 2 is 2.05 bits per heavy atom. The van der Waals surface area contributed by atoms with Gasteiger partial charge in [0.15, 0.2) is 5.82 Å². The molecule has 0 unspecified atom stereocenters. The van der Waals surface area contributed by atoms with Gasteiger partial charge in [0.2, 0.25) is 5.91 Å². The number of ether oxygens (including phenoxy) is 2. The molecule has 0 N–H and O–H groups in total. The Morgan fingerprint density at radius 1 is 1.32 bits per heavy atom. The molecule has 0 spiro atoms. The maximum absolute atomic E-state index is 12.1. The summed E-state index contributed by atoms with van der Waals surface area (Å²) in [6.07, 6.45) is 1.53. The summed E-state index contributed by atoms with van der Waals surface area (Å²) in [6, 6.07) is 0. The van der Waals surface area contributed by atoms with Crippen LogP contribution in [0.25, 0.3) is 0 Å². The van der Waals surface area contributed by atoms with Crippen LogP contribution >= 0.6 is 0 Å². The third-order valence-electron chi connectivity index (χ3n) is 4.05. The van der Waals surface area contributed by atoms with Crippen LogP contribution in [-0.4, -0.2) is 59.8 Å². The molecule has 2 aliphatic rings. The Kier molecular flexibility index (Phi) is 4.37. The standard InChI is InChI=1S/C14H19N3O5/c1-2-21-14(19)12-15-11(16-22-12)9-3-5-17(6-4-9)13(18)10-7-20-8-10/h9-10H,2-8H2,1H3. The SMILES string of the molecule is CCOC(=O)c1nc(C2CCN(C(=O)C3COC3)CC2)no1. The van der Waals surface area contributed by atoms with E-state index in [4.69, 9.17) is 14.0 Å². The number of likely N-dealkylation sites (tertiary alicyclic amines) is 1. The number of amides is 1. The summed E-state index contributed by atoms with van der Waals surface area (Å²) in [5.74, 6) is 0.110. The summed E-state index contributed by atoms with van der Waals surface area (Å²) < 4.78 is 14.8. The van der Waals surface area contributed by atoms with E-state index in [-0.39, 0.29) is 30.2 Å². The first kappa shape index (κ1) is 15.0. The summed E-state index contributed by atoms with van der Waals surface area (Å²) in [4.78, 5) is 29.6. The van der Waals surface area contributed by atoms with E-state index in [1.807, 2.05) is 4.90 Å². The highest BCUT2D eigenvalue weighted by Crippen LogP contribution is 2.27. The van der Waals surface area contributed by atoms with Gasteiger partial charge in [0.25, 0.3) is 0 Å². The van der Waals surface area contributed by atoms with Crippen LogP contribution in [0, 0.1) is 5.92 Å². The molecular formula is C14H19N3O5. The van der Waals surface area contributed by atoms with Crippen LogP contribution in [0.1, 0.15) is 42.2 Å². The van der Waals surface area contributed by atoms with Crippen molar-refractivity contribution in [2.45, 2.75) is 25.7 Å². The number of esters is 1. The summed E-state index contributed by atoms with van der Waals surface area (Å²) in [5, 5.41) is 3.87. The molecule has 22 heavy (non-hydrogen) atoms. The minimum absolute atomic E-state index is 0.0251. The van der Waals surface area contributed by atoms with Gasteiger partial charge in [-0.1, -0.05) is 5.16 Å². The molecule has 1 aromatic rings. The first-order valence-corrected chi connectivity index (χ1v) is 7.56. The zero-order valence-electron chi connectivity index (χ0n) is 12.5. The van der Waals surface area contributed by atoms with Crippen molar-refractivity contribution >= 4 is 11.9 Å². The maximum atomic E-state index is 12.1. The number of piperidine rings is 1. The summed E-state index contributed by atoms with van der Waals surface area (Å²) in [6.45, 7) is 4.39. The van der Waals surface area contributed by atoms with E-state index >= 15 is 0 Å². The third kappa shape index (κ3) is 2.96. The van der Waals surface area contributed by atoms with Gasteiger partial charge in [0.05, 0.1) is 25.7 Å². The predicted molar refractivity (Wildman–Crippen MR) is 73.1 cm³/mol. The molecule has 0 radical (unpaired) electrons. The van der Waals surface area contributed by atoms with Crippen LogP contribution < -0.4 is 0 Å². The monoisotopic (exact) mass is 309 g/mol. The molecular weight excluding hydrogens is 290 g/mol. The van der Waals surface area contributed by atoms with Crippen LogP contribution in [-0.2, 0) is 14.3 Å². The Hall–Kier alpha value is -1.96. The second kappa shape index (κ2) is 6.43. The van der Waals surface area contributed by atoms with Crippen molar-refractivity contribution in [3.8, 4) is 0 Å². The quantitative estimate of drug-likeness (QED) is 0.751. The van der Waals surface area contributed by atoms with E-state index in [1.54, 1.807) is 6.92 Å². The van der Waals surface area contributed by atoms with Crippen LogP contribution in [0.2, 0.25) is 0 Å². The smallest absolute Gasteiger partial charge is 0.397 e. The minimum Gasteiger partial charge on any atom is -0.459 e. The number of carbonyl (C=O) groups excluding carboxylic acids is 2. The van der Waals surface area contributed by atoms with E-state index in [9.17, 15) is 9.59 Å². The topological polar surface area (TPSA) is 94.8 Å². The maximum Gasteiger partial charge on any atom is 0.397 e. The van der Waals surface area contributed by atoms with Crippen LogP contribution in [0.4, 0.5) is 0 Å². The fourth-order valence-corrected chi connectivity index (χ4v) is 2.67. The van der Waals surface area contributed by atoms with Gasteiger partial charge in [-0.25, -0.2) is 4.79 Å². The fraction of sp³-hybridized carbons (Fsp3) is 0.714. The number of carbonyl (C=O) groups is 2. The Balaban J connectivity index is 1.55. The molecule has 0 aliphatic carbocycles. The highest BCUT2D eigenvalue weighted by atomic mass is 16.6. The molecule has 3 rings (SSSR count). The number of nitrogens with zero attached hydrogens (tertiary/aromatic N) is 3. The van der Waals surface area contributed by atoms with Gasteiger partial charge in [-0.2, -0.15) is 4.98 Å². The third-order valence-corrected chi connectivity index (χ3v) is 4.05. The number of hydrogen-bond acceptors (Lipinski definition) is 7. The van der Waals surface area contributed by atoms with Crippen molar-refractivity contribution in [2.75, 3.05) is 32.9 Å². The van der Waals surface area contributed by atoms with E-state index in [1.165, 1.54) is 0 Å². The molecule has 3 heterocycles. The average molecular weight is 309 g/mol. The average Bonchev–Trinajstić information content (AvgIpc) is 2.96. The van der Waals surface area contributed by atoms with Gasteiger partial charge in [-0.05, 0) is 19.8 Å². The number of aromatic nitrogens is 2. The molecule has 2 saturated heterocycles. The van der Waals surface area contributed by atoms with E-state index < -0.39 is 5.97 Å². The molecule has 0 aromatic carbocycles. The molecule has 0 saturated carbocycles. The van der Waals surface area contributed by atoms with Gasteiger partial charge in [0.1, 0.15) is 0 Å². The largest absolute Gasteiger partial charge is 0.459 e. The zero-order chi connectivity index (χ0) is 15.5. The lowest BCUT2D eigenvalue weighted by Crippen LogP contribution is -2.47. The molecule has 120 valence electrons. The molecule has 8 heteroatoms. The van der Waals surface area contributed by atoms with E-state index in [2.05, 4.69) is 10.1 Å². The van der Waals surface area contributed by atoms with Crippen LogP contribution in [0.3, 0.4) is 0 Å². The van der Waals surface area contributed by atoms with Crippen LogP contribution in [0.15, 0.2) is 4.52 Å². The highest BCUT2D eigenvalue weighted by molar-refractivity contribution is 5.84. The fourth-order valence-electron chi connectivity index (χ4n) is 2.67. The Labute approximate surface area is 127 Å². The Bertz CT molecular complexity index is 546. The van der Waals surface area contributed by atoms with Crippen molar-refractivity contribution in [3.05, 3.63) is 11.7 Å². The summed E-state index contributed by atoms with van der Waals surface area (Å²) in [7, 11) is 0. The second-order valence-electron chi connectivity index (χ2n) is 5.51. The Morgan fingerprint density at radius 3 is 2.64 bits per heavy atom. The molecule has 0 atom stereocenters. The van der Waals surface area contributed by atoms with Crippen LogP contribution in [0.5, 0.6) is 0 Å². The summed E-state index contributed by atoms with van der Waals surface area (Å²) in [5.41, 5.74) is 0. The first-order chi connectivity index (χ1) is 10.7. The van der Waals surface area contributed by atoms with Crippen molar-refractivity contribution in [2.24, 2.45) is 5.92 Å². The first-order valence-electron chi connectivity index (χ1n) is 7.56. The number of hydrogen-bond donors (Lipinski definition) is 0. The van der Waals surface area contributed by atoms with E-state index in [0.29, 0.717) is 32.1 Å². The lowest BCUT2D eigenvalue weighted by atomic mass is 9.94. The summed E-state index contributed by atoms with van der Waals surface area (Å²) >= 11 is 0. The minimum atomic E-state index is -0.598. The van der Waals surface area contributed by atoms with Gasteiger partial charge in [-0.15, -0.1) is 0 Å². The predicted octanol–water partition coefficient (Wildman–Crippen LogP) is 0.599. The molecule has 2 aliphatic heterocycles. The lowest BCUT2D eigenvalue weighted by molar-refractivity contribution is -0.150. The van der Waals surface area contributed by atoms with Gasteiger partial charge in [-0.3, -0.25) is 4.79 Å². The normalized spacial score (nSPS) is 19.8. The molecule has 8 nitrogen and oxygen atoms in total. The van der Waals surface area contributed by atoms with Crippen molar-refractivity contribution in [3.63, 3.8) is 0 Å². The molecule has 2 fully saturated rings. The molecule has 1 aromatic heterocycles. The van der Waals surface area contributed by atoms with Gasteiger partial charge < -0.3 is 18.9 Å². The van der Waals surface area contributed by atoms with Crippen molar-refractivity contribution < 1.29 is 23.6 Å². The zero-order valence-corrected chi connectivity index (χ0v) is 12.5. The van der Waals surface area contributed by atoms with Gasteiger partial charge in [0, 0.05) is 19.0 Å². The second-order valence-corrected chi connectivity index (χ2v) is 5.51.